The first-order chi connectivity index (χ1) is 14.7. The molecule has 8 heteroatoms. The number of carbonyl (C=O) groups is 1. The fourth-order valence-corrected chi connectivity index (χ4v) is 5.68. The van der Waals surface area contributed by atoms with Crippen LogP contribution in [0.25, 0.3) is 0 Å². The predicted octanol–water partition coefficient (Wildman–Crippen LogP) is 2.68. The summed E-state index contributed by atoms with van der Waals surface area (Å²) in [6, 6.07) is 5.72. The quantitative estimate of drug-likeness (QED) is 0.718. The highest BCUT2D eigenvalue weighted by Gasteiger charge is 2.48. The van der Waals surface area contributed by atoms with Gasteiger partial charge in [-0.25, -0.2) is 0 Å². The van der Waals surface area contributed by atoms with Crippen molar-refractivity contribution in [3.8, 4) is 0 Å². The molecule has 172 valence electrons. The van der Waals surface area contributed by atoms with Crippen molar-refractivity contribution in [2.45, 2.75) is 56.8 Å². The van der Waals surface area contributed by atoms with E-state index in [1.807, 2.05) is 19.9 Å². The number of aliphatic hydroxyl groups is 1. The van der Waals surface area contributed by atoms with Gasteiger partial charge < -0.3 is 14.7 Å². The van der Waals surface area contributed by atoms with Crippen molar-refractivity contribution in [1.29, 1.82) is 0 Å². The summed E-state index contributed by atoms with van der Waals surface area (Å²) in [6.07, 6.45) is 2.69. The third-order valence-corrected chi connectivity index (χ3v) is 7.42. The van der Waals surface area contributed by atoms with Gasteiger partial charge in [0.05, 0.1) is 53.4 Å². The number of piperazine rings is 1. The summed E-state index contributed by atoms with van der Waals surface area (Å²) in [7, 11) is 0. The normalized spacial score (nSPS) is 28.0. The number of nitrogens with zero attached hydrogens (tertiary/aromatic N) is 3. The van der Waals surface area contributed by atoms with Crippen LogP contribution in [0.15, 0.2) is 18.2 Å². The average Bonchev–Trinajstić information content (AvgIpc) is 3.24. The van der Waals surface area contributed by atoms with Crippen molar-refractivity contribution in [3.63, 3.8) is 0 Å². The maximum absolute atomic E-state index is 13.5. The number of β-amino-alcohol motifs (C(OH)–C–C–N with tert-alkyl or cyclic N) is 1. The van der Waals surface area contributed by atoms with E-state index in [2.05, 4.69) is 14.7 Å². The molecule has 1 aromatic carbocycles. The lowest BCUT2D eigenvalue weighted by Crippen LogP contribution is -2.72. The number of ether oxygens (including phenoxy) is 1. The maximum atomic E-state index is 13.5. The van der Waals surface area contributed by atoms with Crippen LogP contribution < -0.4 is 0 Å². The van der Waals surface area contributed by atoms with Crippen molar-refractivity contribution in [2.24, 2.45) is 0 Å². The minimum Gasteiger partial charge on any atom is -0.389 e. The minimum atomic E-state index is -0.794. The molecule has 31 heavy (non-hydrogen) atoms. The van der Waals surface area contributed by atoms with Gasteiger partial charge in [0.2, 0.25) is 5.91 Å². The monoisotopic (exact) mass is 469 g/mol. The Morgan fingerprint density at radius 2 is 1.81 bits per heavy atom. The molecule has 0 spiro atoms. The number of hydrogen-bond acceptors (Lipinski definition) is 5. The molecule has 0 bridgehead atoms. The summed E-state index contributed by atoms with van der Waals surface area (Å²) < 4.78 is 6.05. The molecule has 1 amide bonds. The summed E-state index contributed by atoms with van der Waals surface area (Å²) >= 11 is 12.2. The van der Waals surface area contributed by atoms with Gasteiger partial charge in [0.1, 0.15) is 0 Å². The summed E-state index contributed by atoms with van der Waals surface area (Å²) in [6.45, 7) is 8.97. The Kier molecular flexibility index (Phi) is 7.16. The largest absolute Gasteiger partial charge is 0.389 e. The van der Waals surface area contributed by atoms with E-state index in [-0.39, 0.29) is 24.0 Å². The second kappa shape index (κ2) is 9.54. The Morgan fingerprint density at radius 1 is 1.10 bits per heavy atom. The second-order valence-electron chi connectivity index (χ2n) is 9.70. The zero-order chi connectivity index (χ0) is 22.2. The van der Waals surface area contributed by atoms with Crippen molar-refractivity contribution in [1.82, 2.24) is 14.7 Å². The first kappa shape index (κ1) is 23.3. The number of likely N-dealkylation sites (tertiary alicyclic amines) is 1. The van der Waals surface area contributed by atoms with Crippen LogP contribution in [0.4, 0.5) is 0 Å². The smallest absolute Gasteiger partial charge is 0.227 e. The van der Waals surface area contributed by atoms with Crippen LogP contribution >= 0.6 is 23.2 Å². The molecule has 0 aromatic heterocycles. The van der Waals surface area contributed by atoms with Crippen LogP contribution in [-0.4, -0.2) is 95.4 Å². The number of fused-ring (bicyclic) bond motifs is 1. The molecule has 3 atom stereocenters. The molecule has 0 saturated carbocycles. The van der Waals surface area contributed by atoms with Crippen molar-refractivity contribution in [2.75, 3.05) is 45.9 Å². The van der Waals surface area contributed by atoms with Crippen LogP contribution in [0.1, 0.15) is 32.3 Å². The zero-order valence-electron chi connectivity index (χ0n) is 18.4. The van der Waals surface area contributed by atoms with Gasteiger partial charge in [-0.3, -0.25) is 14.6 Å². The highest BCUT2D eigenvalue weighted by molar-refractivity contribution is 6.42. The molecule has 6 nitrogen and oxygen atoms in total. The van der Waals surface area contributed by atoms with Gasteiger partial charge in [-0.15, -0.1) is 0 Å². The van der Waals surface area contributed by atoms with Crippen LogP contribution in [0.3, 0.4) is 0 Å². The summed E-state index contributed by atoms with van der Waals surface area (Å²) in [4.78, 5) is 20.4. The van der Waals surface area contributed by atoms with E-state index in [1.165, 1.54) is 12.8 Å². The van der Waals surface area contributed by atoms with Gasteiger partial charge in [0.25, 0.3) is 0 Å². The third-order valence-electron chi connectivity index (χ3n) is 6.68. The molecule has 3 heterocycles. The van der Waals surface area contributed by atoms with Crippen LogP contribution in [0.2, 0.25) is 10.0 Å². The highest BCUT2D eigenvalue weighted by atomic mass is 35.5. The van der Waals surface area contributed by atoms with Gasteiger partial charge in [0.15, 0.2) is 0 Å². The first-order valence-corrected chi connectivity index (χ1v) is 12.0. The maximum Gasteiger partial charge on any atom is 0.227 e. The van der Waals surface area contributed by atoms with E-state index in [4.69, 9.17) is 27.9 Å². The third kappa shape index (κ3) is 5.37. The Bertz CT molecular complexity index is 795. The second-order valence-corrected chi connectivity index (χ2v) is 10.5. The molecule has 0 radical (unpaired) electrons. The fraction of sp³-hybridized carbons (Fsp3) is 0.696. The lowest BCUT2D eigenvalue weighted by Gasteiger charge is -2.55. The molecular formula is C23H33Cl2N3O3. The molecular weight excluding hydrogens is 437 g/mol. The summed E-state index contributed by atoms with van der Waals surface area (Å²) in [5.74, 6) is 0.113. The van der Waals surface area contributed by atoms with E-state index >= 15 is 0 Å². The molecule has 1 aromatic rings. The minimum absolute atomic E-state index is 0.0539. The van der Waals surface area contributed by atoms with Gasteiger partial charge >= 0.3 is 0 Å². The van der Waals surface area contributed by atoms with E-state index < -0.39 is 5.60 Å². The lowest BCUT2D eigenvalue weighted by molar-refractivity contribution is -0.155. The Hall–Kier alpha value is -0.890. The van der Waals surface area contributed by atoms with Crippen molar-refractivity contribution < 1.29 is 14.6 Å². The molecule has 3 fully saturated rings. The van der Waals surface area contributed by atoms with Crippen molar-refractivity contribution >= 4 is 29.1 Å². The predicted molar refractivity (Wildman–Crippen MR) is 123 cm³/mol. The van der Waals surface area contributed by atoms with E-state index in [0.717, 1.165) is 25.2 Å². The zero-order valence-corrected chi connectivity index (χ0v) is 19.9. The van der Waals surface area contributed by atoms with E-state index in [9.17, 15) is 9.90 Å². The molecule has 0 unspecified atom stereocenters. The first-order valence-electron chi connectivity index (χ1n) is 11.2. The number of benzene rings is 1. The number of rotatable bonds is 5. The topological polar surface area (TPSA) is 56.2 Å². The summed E-state index contributed by atoms with van der Waals surface area (Å²) in [5.41, 5.74) is 0.0804. The number of amides is 1. The SMILES string of the molecule is CC(C)(O)CN1CCN(C(=O)Cc2ccc(Cl)c(Cl)c2)[C@H]2[C@H](N3CCCC3)COC[C@@H]21. The lowest BCUT2D eigenvalue weighted by atomic mass is 9.90. The molecule has 3 aliphatic heterocycles. The number of halogens is 2. The molecule has 3 saturated heterocycles. The standard InChI is InChI=1S/C23H33Cl2N3O3/c1-23(2,30)15-27-9-10-28(21(29)12-16-5-6-17(24)18(25)11-16)22-19(13-31-14-20(22)27)26-7-3-4-8-26/h5-6,11,19-20,22,30H,3-4,7-10,12-15H2,1-2H3/t19-,20+,22+/m1/s1. The highest BCUT2D eigenvalue weighted by Crippen LogP contribution is 2.31. The Balaban J connectivity index is 1.58. The Morgan fingerprint density at radius 3 is 2.48 bits per heavy atom. The van der Waals surface area contributed by atoms with E-state index in [1.54, 1.807) is 12.1 Å². The van der Waals surface area contributed by atoms with Crippen LogP contribution in [0, 0.1) is 0 Å². The fourth-order valence-electron chi connectivity index (χ4n) is 5.36. The number of hydrogen-bond donors (Lipinski definition) is 1. The van der Waals surface area contributed by atoms with Crippen LogP contribution in [0.5, 0.6) is 0 Å². The van der Waals surface area contributed by atoms with E-state index in [0.29, 0.717) is 42.8 Å². The number of carbonyl (C=O) groups excluding carboxylic acids is 1. The van der Waals surface area contributed by atoms with Gasteiger partial charge in [0, 0.05) is 19.6 Å². The van der Waals surface area contributed by atoms with Gasteiger partial charge in [-0.1, -0.05) is 29.3 Å². The Labute approximate surface area is 195 Å². The molecule has 4 rings (SSSR count). The average molecular weight is 470 g/mol. The molecule has 0 aliphatic carbocycles. The molecule has 3 aliphatic rings. The van der Waals surface area contributed by atoms with Gasteiger partial charge in [-0.2, -0.15) is 0 Å². The molecule has 1 N–H and O–H groups in total. The van der Waals surface area contributed by atoms with Gasteiger partial charge in [-0.05, 0) is 57.5 Å². The van der Waals surface area contributed by atoms with Crippen LogP contribution in [-0.2, 0) is 16.0 Å². The van der Waals surface area contributed by atoms with Crippen molar-refractivity contribution in [3.05, 3.63) is 33.8 Å². The summed E-state index contributed by atoms with van der Waals surface area (Å²) in [5, 5.41) is 11.4.